The summed E-state index contributed by atoms with van der Waals surface area (Å²) < 4.78 is 11.5. The maximum Gasteiger partial charge on any atom is 0.161 e. The molecular weight excluding hydrogens is 430 g/mol. The number of furan rings is 1. The highest BCUT2D eigenvalue weighted by Gasteiger charge is 2.19. The van der Waals surface area contributed by atoms with Crippen LogP contribution >= 0.6 is 0 Å². The van der Waals surface area contributed by atoms with Gasteiger partial charge in [0, 0.05) is 42.7 Å². The predicted molar refractivity (Wildman–Crippen MR) is 131 cm³/mol. The Balaban J connectivity index is 1.54. The molecule has 0 atom stereocenters. The third-order valence-corrected chi connectivity index (χ3v) is 5.60. The molecule has 0 aliphatic rings. The fraction of sp³-hybridized carbons (Fsp3) is 0.296. The fourth-order valence-corrected chi connectivity index (χ4v) is 3.76. The molecule has 4 rings (SSSR count). The summed E-state index contributed by atoms with van der Waals surface area (Å²) in [6, 6.07) is 15.9. The Hall–Kier alpha value is -3.39. The van der Waals surface area contributed by atoms with E-state index >= 15 is 0 Å². The van der Waals surface area contributed by atoms with Crippen LogP contribution in [0.15, 0.2) is 65.3 Å². The van der Waals surface area contributed by atoms with Crippen molar-refractivity contribution in [1.82, 2.24) is 14.9 Å². The Morgan fingerprint density at radius 3 is 2.56 bits per heavy atom. The van der Waals surface area contributed by atoms with Crippen LogP contribution in [0.5, 0.6) is 0 Å². The van der Waals surface area contributed by atoms with Gasteiger partial charge in [0.05, 0.1) is 12.3 Å². The van der Waals surface area contributed by atoms with Crippen LogP contribution in [0.4, 0.5) is 0 Å². The van der Waals surface area contributed by atoms with Gasteiger partial charge >= 0.3 is 0 Å². The minimum atomic E-state index is -1.03. The van der Waals surface area contributed by atoms with E-state index in [0.717, 1.165) is 47.3 Å². The maximum absolute atomic E-state index is 10.3. The number of nitrogens with zero attached hydrogens (tertiary/aromatic N) is 3. The molecule has 34 heavy (non-hydrogen) atoms. The van der Waals surface area contributed by atoms with Crippen LogP contribution in [0.1, 0.15) is 25.1 Å². The van der Waals surface area contributed by atoms with E-state index in [9.17, 15) is 9.90 Å². The lowest BCUT2D eigenvalue weighted by molar-refractivity contribution is -0.111. The van der Waals surface area contributed by atoms with Crippen LogP contribution in [0, 0.1) is 0 Å². The van der Waals surface area contributed by atoms with Gasteiger partial charge in [0.15, 0.2) is 5.58 Å². The lowest BCUT2D eigenvalue weighted by atomic mass is 10.00. The van der Waals surface area contributed by atoms with Gasteiger partial charge in [-0.25, -0.2) is 0 Å². The van der Waals surface area contributed by atoms with Crippen molar-refractivity contribution >= 4 is 17.4 Å². The Morgan fingerprint density at radius 1 is 1.06 bits per heavy atom. The van der Waals surface area contributed by atoms with Crippen LogP contribution in [0.25, 0.3) is 33.6 Å². The number of fused-ring (bicyclic) bond motifs is 1. The van der Waals surface area contributed by atoms with E-state index in [1.807, 2.05) is 43.4 Å². The maximum atomic E-state index is 10.3. The molecule has 0 amide bonds. The molecule has 0 spiro atoms. The fourth-order valence-electron chi connectivity index (χ4n) is 3.76. The lowest BCUT2D eigenvalue weighted by Gasteiger charge is -2.17. The smallest absolute Gasteiger partial charge is 0.161 e. The molecular formula is C27H29N3O4. The molecule has 1 aromatic carbocycles. The van der Waals surface area contributed by atoms with Gasteiger partial charge in [-0.2, -0.15) is 0 Å². The monoisotopic (exact) mass is 459 g/mol. The lowest BCUT2D eigenvalue weighted by Crippen LogP contribution is -2.23. The minimum absolute atomic E-state index is 0.137. The average Bonchev–Trinajstić information content (AvgIpc) is 3.26. The van der Waals surface area contributed by atoms with Gasteiger partial charge in [0.1, 0.15) is 29.8 Å². The SMILES string of the molecule is CN(CCOCC=O)Cc1ccc(-c2cc3nccc(-c4ccnc(C(C)(C)O)c4)c3o2)cc1. The first kappa shape index (κ1) is 23.8. The molecule has 0 fully saturated rings. The van der Waals surface area contributed by atoms with E-state index in [0.29, 0.717) is 17.9 Å². The second-order valence-electron chi connectivity index (χ2n) is 8.85. The zero-order chi connectivity index (χ0) is 24.1. The zero-order valence-electron chi connectivity index (χ0n) is 19.7. The van der Waals surface area contributed by atoms with Gasteiger partial charge in [0.2, 0.25) is 0 Å². The first-order valence-electron chi connectivity index (χ1n) is 11.2. The first-order valence-corrected chi connectivity index (χ1v) is 11.2. The Bertz CT molecular complexity index is 1260. The van der Waals surface area contributed by atoms with E-state index in [1.165, 1.54) is 5.56 Å². The molecule has 0 unspecified atom stereocenters. The van der Waals surface area contributed by atoms with E-state index in [1.54, 1.807) is 26.2 Å². The number of pyridine rings is 2. The number of rotatable bonds is 10. The van der Waals surface area contributed by atoms with E-state index in [2.05, 4.69) is 27.0 Å². The topological polar surface area (TPSA) is 88.7 Å². The van der Waals surface area contributed by atoms with E-state index in [4.69, 9.17) is 9.15 Å². The summed E-state index contributed by atoms with van der Waals surface area (Å²) in [6.45, 7) is 5.62. The number of benzene rings is 1. The number of ether oxygens (including phenoxy) is 1. The van der Waals surface area contributed by atoms with Gasteiger partial charge in [-0.3, -0.25) is 14.9 Å². The molecule has 176 valence electrons. The van der Waals surface area contributed by atoms with Crippen molar-refractivity contribution in [2.75, 3.05) is 26.8 Å². The quantitative estimate of drug-likeness (QED) is 0.277. The highest BCUT2D eigenvalue weighted by molar-refractivity contribution is 5.92. The third-order valence-electron chi connectivity index (χ3n) is 5.60. The molecule has 3 heterocycles. The number of aliphatic hydroxyl groups is 1. The van der Waals surface area contributed by atoms with E-state index < -0.39 is 5.60 Å². The molecule has 0 radical (unpaired) electrons. The highest BCUT2D eigenvalue weighted by atomic mass is 16.5. The van der Waals surface area contributed by atoms with Crippen molar-refractivity contribution in [2.45, 2.75) is 26.0 Å². The normalized spacial score (nSPS) is 11.9. The molecule has 7 heteroatoms. The molecule has 1 N–H and O–H groups in total. The number of aromatic nitrogens is 2. The number of hydrogen-bond donors (Lipinski definition) is 1. The second kappa shape index (κ2) is 10.3. The number of hydrogen-bond acceptors (Lipinski definition) is 7. The van der Waals surface area contributed by atoms with Crippen LogP contribution in [-0.4, -0.2) is 53.1 Å². The molecule has 4 aromatic rings. The summed E-state index contributed by atoms with van der Waals surface area (Å²) in [6.07, 6.45) is 4.22. The first-order chi connectivity index (χ1) is 16.3. The van der Waals surface area contributed by atoms with Gasteiger partial charge in [-0.1, -0.05) is 24.3 Å². The van der Waals surface area contributed by atoms with Crippen molar-refractivity contribution in [3.63, 3.8) is 0 Å². The van der Waals surface area contributed by atoms with Crippen molar-refractivity contribution in [3.05, 3.63) is 72.2 Å². The largest absolute Gasteiger partial charge is 0.454 e. The van der Waals surface area contributed by atoms with Crippen LogP contribution in [0.2, 0.25) is 0 Å². The summed E-state index contributed by atoms with van der Waals surface area (Å²) in [5.74, 6) is 0.744. The number of carbonyl (C=O) groups excluding carboxylic acids is 1. The Morgan fingerprint density at radius 2 is 1.82 bits per heavy atom. The molecule has 0 bridgehead atoms. The predicted octanol–water partition coefficient (Wildman–Crippen LogP) is 4.43. The number of aldehydes is 1. The van der Waals surface area contributed by atoms with Crippen molar-refractivity contribution in [2.24, 2.45) is 0 Å². The summed E-state index contributed by atoms with van der Waals surface area (Å²) in [5.41, 5.74) is 4.99. The van der Waals surface area contributed by atoms with E-state index in [-0.39, 0.29) is 6.61 Å². The zero-order valence-corrected chi connectivity index (χ0v) is 19.7. The summed E-state index contributed by atoms with van der Waals surface area (Å²) in [5, 5.41) is 10.3. The molecule has 0 saturated heterocycles. The van der Waals surface area contributed by atoms with Gasteiger partial charge in [-0.15, -0.1) is 0 Å². The van der Waals surface area contributed by atoms with Gasteiger partial charge < -0.3 is 19.1 Å². The van der Waals surface area contributed by atoms with Crippen LogP contribution in [-0.2, 0) is 21.7 Å². The molecule has 0 aliphatic heterocycles. The van der Waals surface area contributed by atoms with Crippen molar-refractivity contribution in [1.29, 1.82) is 0 Å². The van der Waals surface area contributed by atoms with Crippen molar-refractivity contribution < 1.29 is 19.1 Å². The Labute approximate surface area is 199 Å². The average molecular weight is 460 g/mol. The van der Waals surface area contributed by atoms with Crippen molar-refractivity contribution in [3.8, 4) is 22.5 Å². The highest BCUT2D eigenvalue weighted by Crippen LogP contribution is 2.34. The molecule has 3 aromatic heterocycles. The molecule has 0 saturated carbocycles. The summed E-state index contributed by atoms with van der Waals surface area (Å²) in [7, 11) is 2.02. The Kier molecular flexibility index (Phi) is 7.17. The minimum Gasteiger partial charge on any atom is -0.454 e. The van der Waals surface area contributed by atoms with Gasteiger partial charge in [-0.05, 0) is 50.2 Å². The van der Waals surface area contributed by atoms with Crippen LogP contribution < -0.4 is 0 Å². The number of carbonyl (C=O) groups is 1. The molecule has 0 aliphatic carbocycles. The number of likely N-dealkylation sites (N-methyl/N-ethyl adjacent to an activating group) is 1. The third kappa shape index (κ3) is 5.56. The van der Waals surface area contributed by atoms with Gasteiger partial charge in [0.25, 0.3) is 0 Å². The summed E-state index contributed by atoms with van der Waals surface area (Å²) in [4.78, 5) is 21.3. The van der Waals surface area contributed by atoms with Crippen LogP contribution in [0.3, 0.4) is 0 Å². The second-order valence-corrected chi connectivity index (χ2v) is 8.85. The summed E-state index contributed by atoms with van der Waals surface area (Å²) >= 11 is 0. The standard InChI is InChI=1S/C27H29N3O4/c1-27(2,32)25-16-21(8-10-29-25)22-9-11-28-23-17-24(34-26(22)23)20-6-4-19(5-7-20)18-30(3)12-14-33-15-13-31/h4-11,13,16-17,32H,12,14-15,18H2,1-3H3. The molecule has 7 nitrogen and oxygen atoms in total.